The van der Waals surface area contributed by atoms with Crippen LogP contribution >= 0.6 is 0 Å². The lowest BCUT2D eigenvalue weighted by atomic mass is 9.73. The van der Waals surface area contributed by atoms with Crippen LogP contribution in [0.3, 0.4) is 0 Å². The van der Waals surface area contributed by atoms with Gasteiger partial charge in [0.2, 0.25) is 5.89 Å². The van der Waals surface area contributed by atoms with Gasteiger partial charge in [-0.2, -0.15) is 4.98 Å². The van der Waals surface area contributed by atoms with Crippen LogP contribution in [0.2, 0.25) is 0 Å². The molecule has 19 heavy (non-hydrogen) atoms. The number of nitrogens with zero attached hydrogens (tertiary/aromatic N) is 2. The van der Waals surface area contributed by atoms with Gasteiger partial charge in [-0.05, 0) is 43.6 Å². The molecule has 1 aromatic heterocycles. The molecular weight excluding hydrogens is 238 g/mol. The Bertz CT molecular complexity index is 430. The number of hydrogen-bond donors (Lipinski definition) is 1. The molecule has 2 atom stereocenters. The SMILES string of the molecule is C[C@@H]1CNC[C@H]1c1nc(C2CCC(C)(C)CC2)no1. The zero-order chi connectivity index (χ0) is 13.5. The molecule has 2 fully saturated rings. The maximum absolute atomic E-state index is 5.52. The van der Waals surface area contributed by atoms with Crippen LogP contribution in [0.5, 0.6) is 0 Å². The summed E-state index contributed by atoms with van der Waals surface area (Å²) in [4.78, 5) is 4.70. The molecule has 3 rings (SSSR count). The molecule has 1 saturated heterocycles. The predicted octanol–water partition coefficient (Wildman–Crippen LogP) is 3.08. The Morgan fingerprint density at radius 1 is 1.21 bits per heavy atom. The van der Waals surface area contributed by atoms with Gasteiger partial charge in [-0.1, -0.05) is 25.9 Å². The molecule has 1 saturated carbocycles. The van der Waals surface area contributed by atoms with E-state index in [1.165, 1.54) is 25.7 Å². The van der Waals surface area contributed by atoms with Crippen molar-refractivity contribution in [2.75, 3.05) is 13.1 Å². The van der Waals surface area contributed by atoms with Gasteiger partial charge in [-0.3, -0.25) is 0 Å². The lowest BCUT2D eigenvalue weighted by Gasteiger charge is -2.32. The van der Waals surface area contributed by atoms with Gasteiger partial charge in [0.15, 0.2) is 5.82 Å². The Morgan fingerprint density at radius 3 is 2.58 bits per heavy atom. The highest BCUT2D eigenvalue weighted by Crippen LogP contribution is 2.41. The molecule has 4 nitrogen and oxygen atoms in total. The van der Waals surface area contributed by atoms with E-state index in [1.54, 1.807) is 0 Å². The van der Waals surface area contributed by atoms with Gasteiger partial charge >= 0.3 is 0 Å². The minimum atomic E-state index is 0.404. The average Bonchev–Trinajstić information content (AvgIpc) is 2.97. The Morgan fingerprint density at radius 2 is 1.95 bits per heavy atom. The first-order valence-electron chi connectivity index (χ1n) is 7.59. The van der Waals surface area contributed by atoms with Crippen molar-refractivity contribution in [3.05, 3.63) is 11.7 Å². The molecule has 1 aliphatic heterocycles. The van der Waals surface area contributed by atoms with Crippen molar-refractivity contribution in [1.82, 2.24) is 15.5 Å². The number of rotatable bonds is 2. The maximum atomic E-state index is 5.52. The van der Waals surface area contributed by atoms with Gasteiger partial charge < -0.3 is 9.84 Å². The summed E-state index contributed by atoms with van der Waals surface area (Å²) < 4.78 is 5.52. The van der Waals surface area contributed by atoms with Crippen LogP contribution in [0.25, 0.3) is 0 Å². The molecule has 1 N–H and O–H groups in total. The van der Waals surface area contributed by atoms with Gasteiger partial charge in [0.1, 0.15) is 0 Å². The van der Waals surface area contributed by atoms with E-state index >= 15 is 0 Å². The Labute approximate surface area is 115 Å². The molecule has 1 aromatic rings. The van der Waals surface area contributed by atoms with Gasteiger partial charge in [-0.25, -0.2) is 0 Å². The first-order chi connectivity index (χ1) is 9.05. The second-order valence-electron chi connectivity index (χ2n) is 7.17. The highest BCUT2D eigenvalue weighted by atomic mass is 16.5. The fourth-order valence-electron chi connectivity index (χ4n) is 3.36. The van der Waals surface area contributed by atoms with Crippen molar-refractivity contribution in [3.8, 4) is 0 Å². The summed E-state index contributed by atoms with van der Waals surface area (Å²) in [6.07, 6.45) is 4.93. The van der Waals surface area contributed by atoms with Gasteiger partial charge in [0.25, 0.3) is 0 Å². The van der Waals surface area contributed by atoms with E-state index in [0.29, 0.717) is 23.2 Å². The van der Waals surface area contributed by atoms with E-state index in [9.17, 15) is 0 Å². The van der Waals surface area contributed by atoms with Crippen molar-refractivity contribution in [3.63, 3.8) is 0 Å². The van der Waals surface area contributed by atoms with Crippen LogP contribution < -0.4 is 5.32 Å². The first kappa shape index (κ1) is 13.1. The molecule has 2 aliphatic rings. The number of aromatic nitrogens is 2. The Hall–Kier alpha value is -0.900. The van der Waals surface area contributed by atoms with E-state index in [2.05, 4.69) is 31.2 Å². The van der Waals surface area contributed by atoms with Crippen molar-refractivity contribution in [2.45, 2.75) is 58.3 Å². The molecule has 0 aromatic carbocycles. The van der Waals surface area contributed by atoms with Crippen LogP contribution in [0.15, 0.2) is 4.52 Å². The number of hydrogen-bond acceptors (Lipinski definition) is 4. The van der Waals surface area contributed by atoms with E-state index in [1.807, 2.05) is 0 Å². The fraction of sp³-hybridized carbons (Fsp3) is 0.867. The van der Waals surface area contributed by atoms with Crippen LogP contribution in [0, 0.1) is 11.3 Å². The second-order valence-corrected chi connectivity index (χ2v) is 7.17. The van der Waals surface area contributed by atoms with Gasteiger partial charge in [-0.15, -0.1) is 0 Å². The molecule has 0 amide bonds. The zero-order valence-electron chi connectivity index (χ0n) is 12.3. The molecule has 0 radical (unpaired) electrons. The molecule has 2 heterocycles. The third-order valence-electron chi connectivity index (χ3n) is 5.00. The third-order valence-corrected chi connectivity index (χ3v) is 5.00. The quantitative estimate of drug-likeness (QED) is 0.891. The summed E-state index contributed by atoms with van der Waals surface area (Å²) in [6.45, 7) is 8.99. The minimum absolute atomic E-state index is 0.404. The normalized spacial score (nSPS) is 31.7. The van der Waals surface area contributed by atoms with Crippen molar-refractivity contribution in [1.29, 1.82) is 0 Å². The standard InChI is InChI=1S/C15H25N3O/c1-10-8-16-9-12(10)14-17-13(18-19-14)11-4-6-15(2,3)7-5-11/h10-12,16H,4-9H2,1-3H3/t10-,12-/m1/s1. The summed E-state index contributed by atoms with van der Waals surface area (Å²) >= 11 is 0. The first-order valence-corrected chi connectivity index (χ1v) is 7.59. The summed E-state index contributed by atoms with van der Waals surface area (Å²) in [5.74, 6) is 3.30. The predicted molar refractivity (Wildman–Crippen MR) is 74.1 cm³/mol. The second kappa shape index (κ2) is 4.89. The van der Waals surface area contributed by atoms with Crippen molar-refractivity contribution >= 4 is 0 Å². The largest absolute Gasteiger partial charge is 0.339 e. The smallest absolute Gasteiger partial charge is 0.231 e. The summed E-state index contributed by atoms with van der Waals surface area (Å²) in [7, 11) is 0. The van der Waals surface area contributed by atoms with Crippen LogP contribution in [-0.4, -0.2) is 23.2 Å². The van der Waals surface area contributed by atoms with Gasteiger partial charge in [0, 0.05) is 12.5 Å². The summed E-state index contributed by atoms with van der Waals surface area (Å²) in [5, 5.41) is 7.65. The minimum Gasteiger partial charge on any atom is -0.339 e. The highest BCUT2D eigenvalue weighted by molar-refractivity contribution is 5.04. The highest BCUT2D eigenvalue weighted by Gasteiger charge is 2.33. The maximum Gasteiger partial charge on any atom is 0.231 e. The van der Waals surface area contributed by atoms with Crippen molar-refractivity contribution < 1.29 is 4.52 Å². The number of nitrogens with one attached hydrogen (secondary N) is 1. The molecule has 4 heteroatoms. The monoisotopic (exact) mass is 263 g/mol. The van der Waals surface area contributed by atoms with Crippen LogP contribution in [0.4, 0.5) is 0 Å². The Balaban J connectivity index is 1.68. The lowest BCUT2D eigenvalue weighted by Crippen LogP contribution is -2.20. The van der Waals surface area contributed by atoms with Gasteiger partial charge in [0.05, 0.1) is 5.92 Å². The molecule has 0 unspecified atom stereocenters. The molecule has 1 aliphatic carbocycles. The fourth-order valence-corrected chi connectivity index (χ4v) is 3.36. The van der Waals surface area contributed by atoms with E-state index < -0.39 is 0 Å². The topological polar surface area (TPSA) is 51.0 Å². The van der Waals surface area contributed by atoms with E-state index in [0.717, 1.165) is 24.8 Å². The lowest BCUT2D eigenvalue weighted by molar-refractivity contribution is 0.218. The van der Waals surface area contributed by atoms with E-state index in [4.69, 9.17) is 9.51 Å². The molecule has 0 bridgehead atoms. The Kier molecular flexibility index (Phi) is 3.37. The van der Waals surface area contributed by atoms with Crippen molar-refractivity contribution in [2.24, 2.45) is 11.3 Å². The molecule has 0 spiro atoms. The van der Waals surface area contributed by atoms with Crippen LogP contribution in [0.1, 0.15) is 70.0 Å². The third kappa shape index (κ3) is 2.69. The molecular formula is C15H25N3O. The zero-order valence-corrected chi connectivity index (χ0v) is 12.3. The average molecular weight is 263 g/mol. The summed E-state index contributed by atoms with van der Waals surface area (Å²) in [5.41, 5.74) is 0.493. The molecule has 106 valence electrons. The summed E-state index contributed by atoms with van der Waals surface area (Å²) in [6, 6.07) is 0. The van der Waals surface area contributed by atoms with E-state index in [-0.39, 0.29) is 0 Å². The van der Waals surface area contributed by atoms with Crippen LogP contribution in [-0.2, 0) is 0 Å².